The number of nitrogens with zero attached hydrogens (tertiary/aromatic N) is 2. The molecule has 0 amide bonds. The van der Waals surface area contributed by atoms with Crippen molar-refractivity contribution in [1.29, 1.82) is 0 Å². The van der Waals surface area contributed by atoms with Gasteiger partial charge in [0.25, 0.3) is 10.0 Å². The first kappa shape index (κ1) is 14.9. The van der Waals surface area contributed by atoms with Gasteiger partial charge in [0.1, 0.15) is 5.75 Å². The zero-order valence-corrected chi connectivity index (χ0v) is 13.0. The second-order valence-corrected chi connectivity index (χ2v) is 6.38. The Morgan fingerprint density at radius 1 is 1.25 bits per heavy atom. The largest absolute Gasteiger partial charge is 0.494 e. The van der Waals surface area contributed by atoms with Crippen LogP contribution in [0.15, 0.2) is 29.2 Å². The van der Waals surface area contributed by atoms with Crippen LogP contribution in [0.25, 0.3) is 0 Å². The van der Waals surface area contributed by atoms with E-state index in [1.807, 2.05) is 6.92 Å². The Bertz CT molecular complexity index is 721. The Morgan fingerprint density at radius 2 is 1.85 bits per heavy atom. The van der Waals surface area contributed by atoms with Crippen LogP contribution in [0.5, 0.6) is 5.75 Å². The Kier molecular flexibility index (Phi) is 4.06. The number of hydrogen-bond donors (Lipinski definition) is 0. The summed E-state index contributed by atoms with van der Waals surface area (Å²) in [5.41, 5.74) is 0.886. The highest BCUT2D eigenvalue weighted by Gasteiger charge is 2.22. The second kappa shape index (κ2) is 5.46. The molecule has 0 aliphatic heterocycles. The lowest BCUT2D eigenvalue weighted by molar-refractivity contribution is 0.340. The monoisotopic (exact) mass is 314 g/mol. The minimum absolute atomic E-state index is 0.142. The predicted molar refractivity (Wildman–Crippen MR) is 76.9 cm³/mol. The van der Waals surface area contributed by atoms with Gasteiger partial charge >= 0.3 is 0 Å². The maximum Gasteiger partial charge on any atom is 0.283 e. The van der Waals surface area contributed by atoms with Crippen molar-refractivity contribution < 1.29 is 13.2 Å². The van der Waals surface area contributed by atoms with Crippen molar-refractivity contribution >= 4 is 21.6 Å². The summed E-state index contributed by atoms with van der Waals surface area (Å²) < 4.78 is 31.2. The zero-order valence-electron chi connectivity index (χ0n) is 11.4. The number of benzene rings is 1. The molecule has 0 atom stereocenters. The third-order valence-electron chi connectivity index (χ3n) is 2.82. The molecule has 2 aromatic rings. The van der Waals surface area contributed by atoms with E-state index in [4.69, 9.17) is 16.3 Å². The van der Waals surface area contributed by atoms with E-state index in [0.29, 0.717) is 28.8 Å². The van der Waals surface area contributed by atoms with Gasteiger partial charge in [0.2, 0.25) is 0 Å². The molecule has 0 radical (unpaired) electrons. The fourth-order valence-corrected chi connectivity index (χ4v) is 3.34. The van der Waals surface area contributed by atoms with Gasteiger partial charge in [0.05, 0.1) is 27.9 Å². The van der Waals surface area contributed by atoms with Crippen LogP contribution in [0.2, 0.25) is 5.02 Å². The van der Waals surface area contributed by atoms with Crippen LogP contribution in [0.3, 0.4) is 0 Å². The quantitative estimate of drug-likeness (QED) is 0.870. The summed E-state index contributed by atoms with van der Waals surface area (Å²) in [6, 6.07) is 6.21. The standard InChI is InChI=1S/C13H15ClN2O3S/c1-4-19-11-5-7-12(8-6-11)20(17,18)16-10(3)13(14)9(2)15-16/h5-8H,4H2,1-3H3. The summed E-state index contributed by atoms with van der Waals surface area (Å²) >= 11 is 5.99. The van der Waals surface area contributed by atoms with Crippen molar-refractivity contribution in [3.05, 3.63) is 40.7 Å². The summed E-state index contributed by atoms with van der Waals surface area (Å²) in [6.45, 7) is 5.68. The number of hydrogen-bond acceptors (Lipinski definition) is 4. The van der Waals surface area contributed by atoms with E-state index in [9.17, 15) is 8.42 Å². The third kappa shape index (κ3) is 2.53. The molecule has 2 rings (SSSR count). The van der Waals surface area contributed by atoms with E-state index in [0.717, 1.165) is 4.09 Å². The van der Waals surface area contributed by atoms with Gasteiger partial charge in [0, 0.05) is 0 Å². The second-order valence-electron chi connectivity index (χ2n) is 4.24. The van der Waals surface area contributed by atoms with Crippen LogP contribution in [-0.4, -0.2) is 24.2 Å². The average molecular weight is 315 g/mol. The molecule has 1 heterocycles. The van der Waals surface area contributed by atoms with Crippen LogP contribution in [-0.2, 0) is 10.0 Å². The van der Waals surface area contributed by atoms with Crippen molar-refractivity contribution in [2.75, 3.05) is 6.61 Å². The Labute approximate surface area is 123 Å². The lowest BCUT2D eigenvalue weighted by atomic mass is 10.3. The normalized spacial score (nSPS) is 11.6. The van der Waals surface area contributed by atoms with E-state index in [1.54, 1.807) is 26.0 Å². The Morgan fingerprint density at radius 3 is 2.30 bits per heavy atom. The van der Waals surface area contributed by atoms with Gasteiger partial charge in [-0.05, 0) is 45.0 Å². The first-order chi connectivity index (χ1) is 9.37. The molecule has 20 heavy (non-hydrogen) atoms. The fraction of sp³-hybridized carbons (Fsp3) is 0.308. The van der Waals surface area contributed by atoms with Crippen LogP contribution in [0.4, 0.5) is 0 Å². The van der Waals surface area contributed by atoms with Crippen molar-refractivity contribution in [2.45, 2.75) is 25.7 Å². The molecule has 108 valence electrons. The molecule has 0 saturated carbocycles. The highest BCUT2D eigenvalue weighted by Crippen LogP contribution is 2.24. The lowest BCUT2D eigenvalue weighted by Crippen LogP contribution is -2.16. The maximum atomic E-state index is 12.5. The highest BCUT2D eigenvalue weighted by molar-refractivity contribution is 7.89. The minimum atomic E-state index is -3.74. The van der Waals surface area contributed by atoms with E-state index in [-0.39, 0.29) is 4.90 Å². The minimum Gasteiger partial charge on any atom is -0.494 e. The van der Waals surface area contributed by atoms with Crippen LogP contribution < -0.4 is 4.74 Å². The molecule has 0 bridgehead atoms. The SMILES string of the molecule is CCOc1ccc(S(=O)(=O)n2nc(C)c(Cl)c2C)cc1. The maximum absolute atomic E-state index is 12.5. The van der Waals surface area contributed by atoms with Crippen molar-refractivity contribution in [1.82, 2.24) is 9.19 Å². The molecule has 0 N–H and O–H groups in total. The number of rotatable bonds is 4. The van der Waals surface area contributed by atoms with Crippen molar-refractivity contribution in [2.24, 2.45) is 0 Å². The van der Waals surface area contributed by atoms with E-state index in [2.05, 4.69) is 5.10 Å². The first-order valence-corrected chi connectivity index (χ1v) is 7.90. The number of aromatic nitrogens is 2. The summed E-state index contributed by atoms with van der Waals surface area (Å²) in [7, 11) is -3.74. The number of ether oxygens (including phenoxy) is 1. The van der Waals surface area contributed by atoms with E-state index in [1.165, 1.54) is 12.1 Å². The molecule has 7 heteroatoms. The van der Waals surface area contributed by atoms with Gasteiger partial charge in [-0.3, -0.25) is 0 Å². The molecule has 0 saturated heterocycles. The van der Waals surface area contributed by atoms with Crippen molar-refractivity contribution in [3.63, 3.8) is 0 Å². The molecule has 0 fully saturated rings. The summed E-state index contributed by atoms with van der Waals surface area (Å²) in [5.74, 6) is 0.623. The molecular formula is C13H15ClN2O3S. The highest BCUT2D eigenvalue weighted by atomic mass is 35.5. The fourth-order valence-electron chi connectivity index (χ4n) is 1.81. The molecule has 1 aromatic heterocycles. The van der Waals surface area contributed by atoms with E-state index < -0.39 is 10.0 Å². The molecule has 1 aromatic carbocycles. The predicted octanol–water partition coefficient (Wildman–Crippen LogP) is 2.79. The molecular weight excluding hydrogens is 300 g/mol. The number of aryl methyl sites for hydroxylation is 1. The van der Waals surface area contributed by atoms with Gasteiger partial charge in [-0.25, -0.2) is 0 Å². The van der Waals surface area contributed by atoms with Crippen LogP contribution >= 0.6 is 11.6 Å². The van der Waals surface area contributed by atoms with Gasteiger partial charge < -0.3 is 4.74 Å². The summed E-state index contributed by atoms with van der Waals surface area (Å²) in [5, 5.41) is 4.34. The first-order valence-electron chi connectivity index (χ1n) is 6.08. The molecule has 0 spiro atoms. The van der Waals surface area contributed by atoms with Gasteiger partial charge in [-0.15, -0.1) is 0 Å². The third-order valence-corrected chi connectivity index (χ3v) is 5.05. The van der Waals surface area contributed by atoms with Gasteiger partial charge in [-0.1, -0.05) is 11.6 Å². The van der Waals surface area contributed by atoms with Gasteiger partial charge in [-0.2, -0.15) is 17.6 Å². The number of halogens is 1. The Hall–Kier alpha value is -1.53. The Balaban J connectivity index is 2.46. The molecule has 0 aliphatic rings. The topological polar surface area (TPSA) is 61.2 Å². The molecule has 0 unspecified atom stereocenters. The van der Waals surface area contributed by atoms with Crippen molar-refractivity contribution in [3.8, 4) is 5.75 Å². The van der Waals surface area contributed by atoms with Crippen LogP contribution in [0, 0.1) is 13.8 Å². The van der Waals surface area contributed by atoms with Crippen LogP contribution in [0.1, 0.15) is 18.3 Å². The zero-order chi connectivity index (χ0) is 14.9. The van der Waals surface area contributed by atoms with Gasteiger partial charge in [0.15, 0.2) is 0 Å². The lowest BCUT2D eigenvalue weighted by Gasteiger charge is -2.08. The summed E-state index contributed by atoms with van der Waals surface area (Å²) in [6.07, 6.45) is 0. The molecule has 5 nitrogen and oxygen atoms in total. The smallest absolute Gasteiger partial charge is 0.283 e. The average Bonchev–Trinajstić information content (AvgIpc) is 2.68. The summed E-state index contributed by atoms with van der Waals surface area (Å²) in [4.78, 5) is 0.142. The van der Waals surface area contributed by atoms with E-state index >= 15 is 0 Å². The molecule has 0 aliphatic carbocycles.